The van der Waals surface area contributed by atoms with E-state index in [-0.39, 0.29) is 48.0 Å². The quantitative estimate of drug-likeness (QED) is 0.667. The number of fused-ring (bicyclic) bond motifs is 1. The van der Waals surface area contributed by atoms with Crippen LogP contribution in [0, 0.1) is 22.7 Å². The maximum Gasteiger partial charge on any atom is 0.262 e. The Balaban J connectivity index is 1.80. The minimum absolute atomic E-state index is 0.00172. The molecule has 0 aromatic heterocycles. The van der Waals surface area contributed by atoms with Crippen molar-refractivity contribution in [3.8, 4) is 23.6 Å². The molecule has 1 N–H and O–H groups in total. The molecule has 31 heavy (non-hydrogen) atoms. The van der Waals surface area contributed by atoms with E-state index in [4.69, 9.17) is 20.0 Å². The van der Waals surface area contributed by atoms with Crippen molar-refractivity contribution in [2.24, 2.45) is 0 Å². The van der Waals surface area contributed by atoms with Gasteiger partial charge in [0.05, 0.1) is 29.9 Å². The van der Waals surface area contributed by atoms with E-state index in [1.165, 1.54) is 35.2 Å². The van der Waals surface area contributed by atoms with E-state index in [0.717, 1.165) is 0 Å². The fourth-order valence-corrected chi connectivity index (χ4v) is 4.05. The molecule has 2 aromatic carbocycles. The molecular formula is C21H20N4O5S. The van der Waals surface area contributed by atoms with E-state index < -0.39 is 10.0 Å². The van der Waals surface area contributed by atoms with Gasteiger partial charge in [0.2, 0.25) is 0 Å². The number of sulfonamides is 1. The van der Waals surface area contributed by atoms with Crippen molar-refractivity contribution in [2.45, 2.75) is 17.7 Å². The molecule has 0 bridgehead atoms. The van der Waals surface area contributed by atoms with E-state index in [1.807, 2.05) is 12.1 Å². The number of nitrogens with zero attached hydrogens (tertiary/aromatic N) is 3. The molecule has 2 aromatic rings. The van der Waals surface area contributed by atoms with Crippen LogP contribution in [0.1, 0.15) is 23.2 Å². The van der Waals surface area contributed by atoms with Gasteiger partial charge in [0.25, 0.3) is 15.9 Å². The van der Waals surface area contributed by atoms with Crippen LogP contribution in [-0.4, -0.2) is 45.5 Å². The molecule has 10 heteroatoms. The highest BCUT2D eigenvalue weighted by Crippen LogP contribution is 2.32. The van der Waals surface area contributed by atoms with Crippen molar-refractivity contribution in [2.75, 3.05) is 31.0 Å². The number of benzene rings is 2. The van der Waals surface area contributed by atoms with Gasteiger partial charge in [-0.1, -0.05) is 6.07 Å². The topological polar surface area (TPSA) is 133 Å². The van der Waals surface area contributed by atoms with Crippen molar-refractivity contribution < 1.29 is 22.7 Å². The summed E-state index contributed by atoms with van der Waals surface area (Å²) in [7, 11) is -3.93. The van der Waals surface area contributed by atoms with Gasteiger partial charge < -0.3 is 14.4 Å². The van der Waals surface area contributed by atoms with Gasteiger partial charge in [-0.2, -0.15) is 10.5 Å². The van der Waals surface area contributed by atoms with Gasteiger partial charge in [-0.25, -0.2) is 8.42 Å². The average molecular weight is 440 g/mol. The maximum absolute atomic E-state index is 12.8. The molecule has 0 aliphatic carbocycles. The van der Waals surface area contributed by atoms with Crippen LogP contribution in [0.25, 0.3) is 0 Å². The summed E-state index contributed by atoms with van der Waals surface area (Å²) in [5.74, 6) is 0.446. The van der Waals surface area contributed by atoms with Crippen molar-refractivity contribution in [3.05, 3.63) is 48.0 Å². The van der Waals surface area contributed by atoms with Gasteiger partial charge in [-0.05, 0) is 30.3 Å². The third-order valence-electron chi connectivity index (χ3n) is 4.46. The lowest BCUT2D eigenvalue weighted by atomic mass is 10.1. The van der Waals surface area contributed by atoms with Crippen molar-refractivity contribution in [1.82, 2.24) is 4.90 Å². The Bertz CT molecular complexity index is 1130. The second-order valence-corrected chi connectivity index (χ2v) is 8.28. The first-order valence-corrected chi connectivity index (χ1v) is 11.0. The number of hydrogen-bond donors (Lipinski definition) is 1. The van der Waals surface area contributed by atoms with E-state index in [2.05, 4.69) is 4.72 Å². The Morgan fingerprint density at radius 2 is 1.68 bits per heavy atom. The van der Waals surface area contributed by atoms with E-state index in [9.17, 15) is 13.2 Å². The lowest BCUT2D eigenvalue weighted by Gasteiger charge is -2.21. The summed E-state index contributed by atoms with van der Waals surface area (Å²) in [5.41, 5.74) is 0.458. The number of carbonyl (C=O) groups excluding carboxylic acids is 1. The zero-order valence-corrected chi connectivity index (χ0v) is 17.4. The molecule has 0 spiro atoms. The number of nitriles is 2. The largest absolute Gasteiger partial charge is 0.486 e. The van der Waals surface area contributed by atoms with E-state index in [0.29, 0.717) is 24.7 Å². The Morgan fingerprint density at radius 1 is 1.00 bits per heavy atom. The fraction of sp³-hybridized carbons (Fsp3) is 0.286. The Morgan fingerprint density at radius 3 is 2.35 bits per heavy atom. The normalized spacial score (nSPS) is 12.3. The molecule has 0 unspecified atom stereocenters. The molecule has 0 fully saturated rings. The molecule has 0 radical (unpaired) electrons. The monoisotopic (exact) mass is 440 g/mol. The van der Waals surface area contributed by atoms with Crippen LogP contribution >= 0.6 is 0 Å². The predicted molar refractivity (Wildman–Crippen MR) is 111 cm³/mol. The van der Waals surface area contributed by atoms with E-state index >= 15 is 0 Å². The second kappa shape index (κ2) is 9.83. The molecule has 3 rings (SSSR count). The number of ether oxygens (including phenoxy) is 2. The van der Waals surface area contributed by atoms with Crippen molar-refractivity contribution in [1.29, 1.82) is 10.5 Å². The second-order valence-electron chi connectivity index (χ2n) is 6.60. The molecule has 1 aliphatic heterocycles. The summed E-state index contributed by atoms with van der Waals surface area (Å²) >= 11 is 0. The van der Waals surface area contributed by atoms with Crippen LogP contribution in [0.4, 0.5) is 5.69 Å². The Labute approximate surface area is 180 Å². The highest BCUT2D eigenvalue weighted by molar-refractivity contribution is 7.92. The smallest absolute Gasteiger partial charge is 0.262 e. The van der Waals surface area contributed by atoms with E-state index in [1.54, 1.807) is 12.1 Å². The lowest BCUT2D eigenvalue weighted by Crippen LogP contribution is -2.32. The molecule has 160 valence electrons. The fourth-order valence-electron chi connectivity index (χ4n) is 2.99. The summed E-state index contributed by atoms with van der Waals surface area (Å²) in [6.07, 6.45) is 0.265. The van der Waals surface area contributed by atoms with Crippen LogP contribution in [0.2, 0.25) is 0 Å². The average Bonchev–Trinajstić information content (AvgIpc) is 2.78. The molecule has 0 saturated carbocycles. The van der Waals surface area contributed by atoms with Crippen LogP contribution in [-0.2, 0) is 10.0 Å². The minimum Gasteiger partial charge on any atom is -0.486 e. The standard InChI is InChI=1S/C21H20N4O5S/c22-8-2-10-25(11-3-9-23)21(26)16-4-1-5-17(14-16)24-31(27,28)18-6-7-19-20(15-18)30-13-12-29-19/h1,4-7,14-15,24H,2-3,10-13H2. The van der Waals surface area contributed by atoms with Gasteiger partial charge in [0.1, 0.15) is 13.2 Å². The van der Waals surface area contributed by atoms with Crippen molar-refractivity contribution in [3.63, 3.8) is 0 Å². The first kappa shape index (κ1) is 21.9. The number of amides is 1. The van der Waals surface area contributed by atoms with Crippen LogP contribution in [0.15, 0.2) is 47.4 Å². The number of carbonyl (C=O) groups is 1. The summed E-state index contributed by atoms with van der Waals surface area (Å²) in [4.78, 5) is 14.2. The molecule has 1 heterocycles. The molecule has 0 saturated heterocycles. The Hall–Kier alpha value is -3.76. The SMILES string of the molecule is N#CCCN(CCC#N)C(=O)c1cccc(NS(=O)(=O)c2ccc3c(c2)OCCO3)c1. The van der Waals surface area contributed by atoms with Crippen LogP contribution < -0.4 is 14.2 Å². The van der Waals surface area contributed by atoms with Gasteiger partial charge in [0.15, 0.2) is 11.5 Å². The summed E-state index contributed by atoms with van der Waals surface area (Å²) in [6.45, 7) is 1.11. The number of hydrogen-bond acceptors (Lipinski definition) is 7. The van der Waals surface area contributed by atoms with Crippen LogP contribution in [0.3, 0.4) is 0 Å². The number of nitrogens with one attached hydrogen (secondary N) is 1. The first-order valence-electron chi connectivity index (χ1n) is 9.50. The van der Waals surface area contributed by atoms with Crippen LogP contribution in [0.5, 0.6) is 11.5 Å². The summed E-state index contributed by atoms with van der Waals surface area (Å²) < 4.78 is 38.9. The summed E-state index contributed by atoms with van der Waals surface area (Å²) in [6, 6.07) is 14.3. The molecule has 9 nitrogen and oxygen atoms in total. The zero-order valence-electron chi connectivity index (χ0n) is 16.6. The maximum atomic E-state index is 12.8. The van der Waals surface area contributed by atoms with Gasteiger partial charge in [0, 0.05) is 30.4 Å². The molecular weight excluding hydrogens is 420 g/mol. The Kier molecular flexibility index (Phi) is 6.96. The zero-order chi connectivity index (χ0) is 22.3. The lowest BCUT2D eigenvalue weighted by molar-refractivity contribution is 0.0762. The number of rotatable bonds is 8. The highest BCUT2D eigenvalue weighted by atomic mass is 32.2. The third-order valence-corrected chi connectivity index (χ3v) is 5.84. The highest BCUT2D eigenvalue weighted by Gasteiger charge is 2.21. The van der Waals surface area contributed by atoms with Gasteiger partial charge in [-0.3, -0.25) is 9.52 Å². The molecule has 1 aliphatic rings. The minimum atomic E-state index is -3.93. The first-order chi connectivity index (χ1) is 14.9. The number of anilines is 1. The molecule has 0 atom stereocenters. The van der Waals surface area contributed by atoms with Crippen molar-refractivity contribution >= 4 is 21.6 Å². The van der Waals surface area contributed by atoms with Gasteiger partial charge >= 0.3 is 0 Å². The predicted octanol–water partition coefficient (Wildman–Crippen LogP) is 2.53. The van der Waals surface area contributed by atoms with Gasteiger partial charge in [-0.15, -0.1) is 0 Å². The third kappa shape index (κ3) is 5.44. The molecule has 1 amide bonds. The summed E-state index contributed by atoms with van der Waals surface area (Å²) in [5, 5.41) is 17.6.